The Morgan fingerprint density at radius 1 is 1.10 bits per heavy atom. The lowest BCUT2D eigenvalue weighted by molar-refractivity contribution is -0.117. The van der Waals surface area contributed by atoms with Crippen molar-refractivity contribution in [1.29, 1.82) is 0 Å². The van der Waals surface area contributed by atoms with Crippen molar-refractivity contribution in [3.63, 3.8) is 0 Å². The summed E-state index contributed by atoms with van der Waals surface area (Å²) in [6.45, 7) is 6.67. The first-order valence-electron chi connectivity index (χ1n) is 9.29. The minimum atomic E-state index is -0.362. The lowest BCUT2D eigenvalue weighted by Gasteiger charge is -2.19. The van der Waals surface area contributed by atoms with Crippen LogP contribution in [0.25, 0.3) is 6.08 Å². The number of hydrogen-bond acceptors (Lipinski definition) is 4. The van der Waals surface area contributed by atoms with E-state index in [0.29, 0.717) is 12.1 Å². The molecule has 2 amide bonds. The first-order valence-corrected chi connectivity index (χ1v) is 10.2. The van der Waals surface area contributed by atoms with Gasteiger partial charge in [0.15, 0.2) is 0 Å². The Labute approximate surface area is 174 Å². The van der Waals surface area contributed by atoms with Crippen LogP contribution in [0.2, 0.25) is 0 Å². The quantitative estimate of drug-likeness (QED) is 0.580. The van der Waals surface area contributed by atoms with Gasteiger partial charge in [0.1, 0.15) is 5.70 Å². The van der Waals surface area contributed by atoms with E-state index >= 15 is 0 Å². The fourth-order valence-electron chi connectivity index (χ4n) is 2.66. The highest BCUT2D eigenvalue weighted by molar-refractivity contribution is 7.10. The highest BCUT2D eigenvalue weighted by atomic mass is 32.1. The monoisotopic (exact) mass is 408 g/mol. The number of amides is 2. The fourth-order valence-corrected chi connectivity index (χ4v) is 3.32. The Kier molecular flexibility index (Phi) is 6.34. The molecule has 3 aromatic rings. The van der Waals surface area contributed by atoms with Crippen LogP contribution in [-0.4, -0.2) is 11.8 Å². The van der Waals surface area contributed by atoms with Crippen molar-refractivity contribution in [3.05, 3.63) is 87.6 Å². The molecule has 0 fully saturated rings. The van der Waals surface area contributed by atoms with Gasteiger partial charge >= 0.3 is 0 Å². The molecule has 2 aromatic heterocycles. The van der Waals surface area contributed by atoms with Crippen LogP contribution in [0.5, 0.6) is 0 Å². The average Bonchev–Trinajstić information content (AvgIpc) is 3.39. The first-order chi connectivity index (χ1) is 13.8. The number of benzene rings is 1. The normalized spacial score (nSPS) is 11.9. The summed E-state index contributed by atoms with van der Waals surface area (Å²) in [6, 6.07) is 13.0. The van der Waals surface area contributed by atoms with Crippen LogP contribution in [0.3, 0.4) is 0 Å². The summed E-state index contributed by atoms with van der Waals surface area (Å²) in [5.41, 5.74) is 2.68. The molecule has 0 unspecified atom stereocenters. The van der Waals surface area contributed by atoms with E-state index in [9.17, 15) is 9.59 Å². The van der Waals surface area contributed by atoms with Gasteiger partial charge < -0.3 is 15.1 Å². The minimum absolute atomic E-state index is 0.00616. The summed E-state index contributed by atoms with van der Waals surface area (Å²) in [6.07, 6.45) is 4.79. The number of carbonyl (C=O) groups is 2. The maximum atomic E-state index is 12.7. The van der Waals surface area contributed by atoms with Gasteiger partial charge in [-0.3, -0.25) is 9.59 Å². The third-order valence-electron chi connectivity index (χ3n) is 4.37. The van der Waals surface area contributed by atoms with E-state index in [2.05, 4.69) is 31.4 Å². The number of thiophene rings is 1. The zero-order valence-corrected chi connectivity index (χ0v) is 17.5. The second-order valence-corrected chi connectivity index (χ2v) is 8.65. The topological polar surface area (TPSA) is 71.3 Å². The molecule has 0 saturated carbocycles. The lowest BCUT2D eigenvalue weighted by Crippen LogP contribution is -2.34. The molecule has 0 saturated heterocycles. The maximum absolute atomic E-state index is 12.7. The zero-order valence-electron chi connectivity index (χ0n) is 16.7. The summed E-state index contributed by atoms with van der Waals surface area (Å²) in [5, 5.41) is 7.48. The number of hydrogen-bond donors (Lipinski definition) is 2. The molecular formula is C23H24N2O3S. The van der Waals surface area contributed by atoms with Crippen LogP contribution in [-0.2, 0) is 16.8 Å². The van der Waals surface area contributed by atoms with Gasteiger partial charge in [-0.2, -0.15) is 0 Å². The third kappa shape index (κ3) is 5.68. The lowest BCUT2D eigenvalue weighted by atomic mass is 9.87. The van der Waals surface area contributed by atoms with E-state index in [-0.39, 0.29) is 22.9 Å². The predicted octanol–water partition coefficient (Wildman–Crippen LogP) is 4.73. The smallest absolute Gasteiger partial charge is 0.268 e. The highest BCUT2D eigenvalue weighted by Crippen LogP contribution is 2.22. The van der Waals surface area contributed by atoms with Crippen LogP contribution in [0.1, 0.15) is 47.1 Å². The van der Waals surface area contributed by atoms with E-state index in [1.165, 1.54) is 11.3 Å². The van der Waals surface area contributed by atoms with Crippen LogP contribution in [0, 0.1) is 0 Å². The van der Waals surface area contributed by atoms with Crippen molar-refractivity contribution < 1.29 is 14.0 Å². The molecule has 0 bridgehead atoms. The van der Waals surface area contributed by atoms with Gasteiger partial charge in [-0.25, -0.2) is 0 Å². The molecule has 150 valence electrons. The zero-order chi connectivity index (χ0) is 20.9. The third-order valence-corrected chi connectivity index (χ3v) is 5.19. The molecule has 2 heterocycles. The summed E-state index contributed by atoms with van der Waals surface area (Å²) in [5.74, 6) is -0.689. The van der Waals surface area contributed by atoms with Crippen molar-refractivity contribution in [1.82, 2.24) is 10.6 Å². The van der Waals surface area contributed by atoms with E-state index in [1.807, 2.05) is 29.6 Å². The molecule has 0 atom stereocenters. The van der Waals surface area contributed by atoms with Crippen molar-refractivity contribution >= 4 is 29.2 Å². The average molecular weight is 409 g/mol. The molecular weight excluding hydrogens is 384 g/mol. The Balaban J connectivity index is 1.75. The van der Waals surface area contributed by atoms with E-state index in [0.717, 1.165) is 16.0 Å². The minimum Gasteiger partial charge on any atom is -0.472 e. The molecule has 6 heteroatoms. The first kappa shape index (κ1) is 20.6. The molecule has 0 spiro atoms. The van der Waals surface area contributed by atoms with Gasteiger partial charge in [-0.15, -0.1) is 11.3 Å². The molecule has 29 heavy (non-hydrogen) atoms. The van der Waals surface area contributed by atoms with Gasteiger partial charge in [0, 0.05) is 22.5 Å². The van der Waals surface area contributed by atoms with Crippen LogP contribution < -0.4 is 10.6 Å². The highest BCUT2D eigenvalue weighted by Gasteiger charge is 2.17. The molecule has 2 N–H and O–H groups in total. The van der Waals surface area contributed by atoms with Crippen LogP contribution in [0.15, 0.2) is 70.5 Å². The van der Waals surface area contributed by atoms with Crippen molar-refractivity contribution in [2.75, 3.05) is 0 Å². The van der Waals surface area contributed by atoms with E-state index in [4.69, 9.17) is 4.42 Å². The molecule has 5 nitrogen and oxygen atoms in total. The van der Waals surface area contributed by atoms with E-state index in [1.54, 1.807) is 36.8 Å². The van der Waals surface area contributed by atoms with Crippen molar-refractivity contribution in [3.8, 4) is 0 Å². The van der Waals surface area contributed by atoms with Crippen LogP contribution in [0.4, 0.5) is 0 Å². The maximum Gasteiger partial charge on any atom is 0.268 e. The second-order valence-electron chi connectivity index (χ2n) is 7.67. The van der Waals surface area contributed by atoms with Gasteiger partial charge in [-0.05, 0) is 46.7 Å². The number of rotatable bonds is 6. The Morgan fingerprint density at radius 3 is 2.45 bits per heavy atom. The fraction of sp³-hybridized carbons (Fsp3) is 0.217. The molecule has 0 radical (unpaired) electrons. The Hall–Kier alpha value is -3.12. The SMILES string of the molecule is CC(C)(C)c1ccc(C(=O)N/C(=C/c2cccs2)C(=O)NCc2ccoc2)cc1. The molecule has 1 aromatic carbocycles. The van der Waals surface area contributed by atoms with Gasteiger partial charge in [0.2, 0.25) is 0 Å². The van der Waals surface area contributed by atoms with Gasteiger partial charge in [0.05, 0.1) is 12.5 Å². The second kappa shape index (κ2) is 8.92. The Morgan fingerprint density at radius 2 is 1.86 bits per heavy atom. The number of nitrogens with one attached hydrogen (secondary N) is 2. The Bertz CT molecular complexity index is 980. The summed E-state index contributed by atoms with van der Waals surface area (Å²) < 4.78 is 5.01. The predicted molar refractivity (Wildman–Crippen MR) is 115 cm³/mol. The van der Waals surface area contributed by atoms with Crippen LogP contribution >= 0.6 is 11.3 Å². The summed E-state index contributed by atoms with van der Waals surface area (Å²) in [4.78, 5) is 26.3. The number of furan rings is 1. The van der Waals surface area contributed by atoms with E-state index < -0.39 is 0 Å². The molecule has 3 rings (SSSR count). The standard InChI is InChI=1S/C23H24N2O3S/c1-23(2,3)18-8-6-17(7-9-18)21(26)25-20(13-19-5-4-12-29-19)22(27)24-14-16-10-11-28-15-16/h4-13,15H,14H2,1-3H3,(H,24,27)(H,25,26)/b20-13+. The van der Waals surface area contributed by atoms with Crippen molar-refractivity contribution in [2.45, 2.75) is 32.7 Å². The van der Waals surface area contributed by atoms with Crippen molar-refractivity contribution in [2.24, 2.45) is 0 Å². The summed E-state index contributed by atoms with van der Waals surface area (Å²) in [7, 11) is 0. The summed E-state index contributed by atoms with van der Waals surface area (Å²) >= 11 is 1.49. The van der Waals surface area contributed by atoms with Gasteiger partial charge in [0.25, 0.3) is 11.8 Å². The largest absolute Gasteiger partial charge is 0.472 e. The molecule has 0 aliphatic rings. The number of carbonyl (C=O) groups excluding carboxylic acids is 2. The molecule has 0 aliphatic carbocycles. The molecule has 0 aliphatic heterocycles. The van der Waals surface area contributed by atoms with Gasteiger partial charge in [-0.1, -0.05) is 39.0 Å².